The van der Waals surface area contributed by atoms with Gasteiger partial charge in [-0.25, -0.2) is 13.2 Å². The fraction of sp³-hybridized carbons (Fsp3) is 0.133. The Morgan fingerprint density at radius 3 is 2.48 bits per heavy atom. The Bertz CT molecular complexity index is 702. The molecular weight excluding hydrogens is 349 g/mol. The maximum Gasteiger partial charge on any atom is 0.170 e. The molecule has 110 valence electrons. The molecule has 0 aliphatic carbocycles. The maximum absolute atomic E-state index is 13.8. The molecule has 2 aromatic carbocycles. The Labute approximate surface area is 127 Å². The van der Waals surface area contributed by atoms with Crippen molar-refractivity contribution in [3.05, 3.63) is 63.4 Å². The quantitative estimate of drug-likeness (QED) is 0.601. The van der Waals surface area contributed by atoms with Gasteiger partial charge in [0.05, 0.1) is 17.1 Å². The third-order valence-corrected chi connectivity index (χ3v) is 3.57. The molecular formula is C15H10BrF3O2. The number of ether oxygens (including phenoxy) is 1. The molecule has 0 radical (unpaired) electrons. The van der Waals surface area contributed by atoms with Crippen molar-refractivity contribution in [3.63, 3.8) is 0 Å². The summed E-state index contributed by atoms with van der Waals surface area (Å²) in [5.41, 5.74) is -0.640. The number of hydrogen-bond donors (Lipinski definition) is 0. The lowest BCUT2D eigenvalue weighted by Crippen LogP contribution is -2.09. The third kappa shape index (κ3) is 3.26. The summed E-state index contributed by atoms with van der Waals surface area (Å²) in [6.45, 7) is 0. The minimum atomic E-state index is -0.864. The van der Waals surface area contributed by atoms with Crippen LogP contribution in [0.1, 0.15) is 15.9 Å². The SMILES string of the molecule is COc1ccc(C(=O)Cc2c(F)ccc(Br)c2F)c(F)c1. The number of ketones is 1. The minimum absolute atomic E-state index is 0.0434. The standard InChI is InChI=1S/C15H10BrF3O2/c1-21-8-2-3-9(13(18)6-8)14(20)7-10-12(17)5-4-11(16)15(10)19/h2-6H,7H2,1H3. The zero-order valence-electron chi connectivity index (χ0n) is 10.9. The molecule has 21 heavy (non-hydrogen) atoms. The number of methoxy groups -OCH3 is 1. The second-order valence-electron chi connectivity index (χ2n) is 4.27. The summed E-state index contributed by atoms with van der Waals surface area (Å²) in [4.78, 5) is 12.0. The Balaban J connectivity index is 2.33. The van der Waals surface area contributed by atoms with Gasteiger partial charge in [-0.15, -0.1) is 0 Å². The Kier molecular flexibility index (Phi) is 4.67. The van der Waals surface area contributed by atoms with Crippen molar-refractivity contribution in [2.45, 2.75) is 6.42 Å². The molecule has 2 aromatic rings. The summed E-state index contributed by atoms with van der Waals surface area (Å²) in [7, 11) is 1.36. The van der Waals surface area contributed by atoms with Crippen molar-refractivity contribution in [2.24, 2.45) is 0 Å². The lowest BCUT2D eigenvalue weighted by Gasteiger charge is -2.08. The molecule has 0 spiro atoms. The summed E-state index contributed by atoms with van der Waals surface area (Å²) in [5, 5.41) is 0. The molecule has 0 amide bonds. The molecule has 0 heterocycles. The molecule has 2 nitrogen and oxygen atoms in total. The van der Waals surface area contributed by atoms with Gasteiger partial charge in [0, 0.05) is 18.1 Å². The van der Waals surface area contributed by atoms with E-state index in [1.165, 1.54) is 25.3 Å². The number of halogens is 4. The zero-order valence-corrected chi connectivity index (χ0v) is 12.5. The van der Waals surface area contributed by atoms with Crippen LogP contribution in [0.15, 0.2) is 34.8 Å². The smallest absolute Gasteiger partial charge is 0.170 e. The maximum atomic E-state index is 13.8. The molecule has 0 saturated heterocycles. The highest BCUT2D eigenvalue weighted by Gasteiger charge is 2.19. The van der Waals surface area contributed by atoms with Crippen molar-refractivity contribution >= 4 is 21.7 Å². The first-order valence-corrected chi connectivity index (χ1v) is 6.72. The molecule has 0 N–H and O–H groups in total. The molecule has 0 aliphatic heterocycles. The first-order valence-electron chi connectivity index (χ1n) is 5.93. The molecule has 0 aromatic heterocycles. The highest BCUT2D eigenvalue weighted by Crippen LogP contribution is 2.24. The van der Waals surface area contributed by atoms with E-state index < -0.39 is 35.2 Å². The van der Waals surface area contributed by atoms with Crippen LogP contribution in [-0.2, 0) is 6.42 Å². The number of benzene rings is 2. The summed E-state index contributed by atoms with van der Waals surface area (Å²) in [6.07, 6.45) is -0.569. The normalized spacial score (nSPS) is 10.5. The van der Waals surface area contributed by atoms with Gasteiger partial charge in [-0.1, -0.05) is 0 Å². The van der Waals surface area contributed by atoms with E-state index >= 15 is 0 Å². The average Bonchev–Trinajstić information content (AvgIpc) is 2.47. The molecule has 0 saturated carbocycles. The fourth-order valence-corrected chi connectivity index (χ4v) is 2.21. The second kappa shape index (κ2) is 6.30. The van der Waals surface area contributed by atoms with Crippen LogP contribution in [0.3, 0.4) is 0 Å². The highest BCUT2D eigenvalue weighted by atomic mass is 79.9. The van der Waals surface area contributed by atoms with E-state index in [9.17, 15) is 18.0 Å². The van der Waals surface area contributed by atoms with E-state index in [1.54, 1.807) is 0 Å². The van der Waals surface area contributed by atoms with Crippen LogP contribution in [0.4, 0.5) is 13.2 Å². The largest absolute Gasteiger partial charge is 0.497 e. The number of hydrogen-bond acceptors (Lipinski definition) is 2. The van der Waals surface area contributed by atoms with Crippen molar-refractivity contribution in [1.82, 2.24) is 0 Å². The van der Waals surface area contributed by atoms with E-state index in [2.05, 4.69) is 15.9 Å². The molecule has 0 aliphatic rings. The molecule has 0 bridgehead atoms. The van der Waals surface area contributed by atoms with Crippen molar-refractivity contribution in [2.75, 3.05) is 7.11 Å². The van der Waals surface area contributed by atoms with Gasteiger partial charge < -0.3 is 4.74 Å². The first-order chi connectivity index (χ1) is 9.93. The summed E-state index contributed by atoms with van der Waals surface area (Å²) in [6, 6.07) is 5.92. The van der Waals surface area contributed by atoms with E-state index in [4.69, 9.17) is 4.74 Å². The number of carbonyl (C=O) groups is 1. The van der Waals surface area contributed by atoms with Gasteiger partial charge in [0.1, 0.15) is 23.2 Å². The van der Waals surface area contributed by atoms with Gasteiger partial charge in [0.15, 0.2) is 5.78 Å². The van der Waals surface area contributed by atoms with Crippen LogP contribution in [0.25, 0.3) is 0 Å². The van der Waals surface area contributed by atoms with E-state index in [0.29, 0.717) is 0 Å². The number of carbonyl (C=O) groups excluding carboxylic acids is 1. The average molecular weight is 359 g/mol. The Morgan fingerprint density at radius 2 is 1.86 bits per heavy atom. The summed E-state index contributed by atoms with van der Waals surface area (Å²) in [5.74, 6) is -2.97. The minimum Gasteiger partial charge on any atom is -0.497 e. The molecule has 0 atom stereocenters. The first kappa shape index (κ1) is 15.6. The van der Waals surface area contributed by atoms with Crippen LogP contribution in [0, 0.1) is 17.5 Å². The van der Waals surface area contributed by atoms with Crippen LogP contribution in [0.5, 0.6) is 5.75 Å². The molecule has 0 unspecified atom stereocenters. The topological polar surface area (TPSA) is 26.3 Å². The van der Waals surface area contributed by atoms with Gasteiger partial charge in [-0.3, -0.25) is 4.79 Å². The predicted molar refractivity (Wildman–Crippen MR) is 75.0 cm³/mol. The molecule has 0 fully saturated rings. The Morgan fingerprint density at radius 1 is 1.14 bits per heavy atom. The lowest BCUT2D eigenvalue weighted by atomic mass is 10.0. The van der Waals surface area contributed by atoms with Crippen molar-refractivity contribution in [3.8, 4) is 5.75 Å². The van der Waals surface area contributed by atoms with Crippen LogP contribution in [-0.4, -0.2) is 12.9 Å². The summed E-state index contributed by atoms with van der Waals surface area (Å²) >= 11 is 2.92. The van der Waals surface area contributed by atoms with Gasteiger partial charge in [0.25, 0.3) is 0 Å². The van der Waals surface area contributed by atoms with Crippen molar-refractivity contribution in [1.29, 1.82) is 0 Å². The monoisotopic (exact) mass is 358 g/mol. The lowest BCUT2D eigenvalue weighted by molar-refractivity contribution is 0.0986. The fourth-order valence-electron chi connectivity index (χ4n) is 1.84. The van der Waals surface area contributed by atoms with Crippen LogP contribution >= 0.6 is 15.9 Å². The van der Waals surface area contributed by atoms with Crippen LogP contribution in [0.2, 0.25) is 0 Å². The van der Waals surface area contributed by atoms with E-state index in [0.717, 1.165) is 12.1 Å². The summed E-state index contributed by atoms with van der Waals surface area (Å²) < 4.78 is 46.0. The predicted octanol–water partition coefficient (Wildman–Crippen LogP) is 4.30. The van der Waals surface area contributed by atoms with Gasteiger partial charge >= 0.3 is 0 Å². The zero-order chi connectivity index (χ0) is 15.6. The van der Waals surface area contributed by atoms with Crippen molar-refractivity contribution < 1.29 is 22.7 Å². The van der Waals surface area contributed by atoms with Gasteiger partial charge in [0.2, 0.25) is 0 Å². The second-order valence-corrected chi connectivity index (χ2v) is 5.12. The molecule has 2 rings (SSSR count). The third-order valence-electron chi connectivity index (χ3n) is 2.95. The Hall–Kier alpha value is -1.82. The van der Waals surface area contributed by atoms with E-state index in [-0.39, 0.29) is 15.8 Å². The van der Waals surface area contributed by atoms with Gasteiger partial charge in [-0.2, -0.15) is 0 Å². The van der Waals surface area contributed by atoms with Gasteiger partial charge in [-0.05, 0) is 40.2 Å². The van der Waals surface area contributed by atoms with Crippen LogP contribution < -0.4 is 4.74 Å². The van der Waals surface area contributed by atoms with E-state index in [1.807, 2.05) is 0 Å². The number of rotatable bonds is 4. The number of Topliss-reactive ketones (excluding diaryl/α,β-unsaturated/α-hetero) is 1. The molecule has 6 heteroatoms. The highest BCUT2D eigenvalue weighted by molar-refractivity contribution is 9.10.